The van der Waals surface area contributed by atoms with Gasteiger partial charge in [0.2, 0.25) is 0 Å². The summed E-state index contributed by atoms with van der Waals surface area (Å²) in [5.74, 6) is -0.866. The van der Waals surface area contributed by atoms with Crippen molar-refractivity contribution in [1.82, 2.24) is 5.32 Å². The number of nitrogens with one attached hydrogen (secondary N) is 1. The molecule has 0 atom stereocenters. The molecular formula is C18H16N2O2S2. The van der Waals surface area contributed by atoms with E-state index in [0.29, 0.717) is 5.69 Å². The van der Waals surface area contributed by atoms with Gasteiger partial charge in [0.1, 0.15) is 5.57 Å². The molecule has 6 heteroatoms. The average Bonchev–Trinajstić information content (AvgIpc) is 2.92. The highest BCUT2D eigenvalue weighted by Crippen LogP contribution is 2.25. The molecule has 1 aromatic carbocycles. The lowest BCUT2D eigenvalue weighted by Gasteiger charge is -2.29. The van der Waals surface area contributed by atoms with Gasteiger partial charge in [-0.1, -0.05) is 6.07 Å². The number of benzene rings is 1. The van der Waals surface area contributed by atoms with Crippen molar-refractivity contribution in [2.75, 3.05) is 4.90 Å². The molecule has 1 saturated heterocycles. The maximum atomic E-state index is 12.9. The van der Waals surface area contributed by atoms with Gasteiger partial charge in [-0.2, -0.15) is 0 Å². The van der Waals surface area contributed by atoms with Gasteiger partial charge in [-0.15, -0.1) is 11.3 Å². The third-order valence-electron chi connectivity index (χ3n) is 3.90. The van der Waals surface area contributed by atoms with Crippen LogP contribution in [0.25, 0.3) is 6.08 Å². The highest BCUT2D eigenvalue weighted by atomic mass is 32.1. The summed E-state index contributed by atoms with van der Waals surface area (Å²) >= 11 is 6.74. The van der Waals surface area contributed by atoms with E-state index in [1.54, 1.807) is 6.08 Å². The number of thiophene rings is 1. The van der Waals surface area contributed by atoms with Crippen LogP contribution in [0.1, 0.15) is 20.9 Å². The van der Waals surface area contributed by atoms with Crippen molar-refractivity contribution in [3.8, 4) is 0 Å². The van der Waals surface area contributed by atoms with Crippen molar-refractivity contribution < 1.29 is 9.59 Å². The van der Waals surface area contributed by atoms with E-state index in [1.807, 2.05) is 51.1 Å². The first kappa shape index (κ1) is 16.5. The molecule has 0 unspecified atom stereocenters. The van der Waals surface area contributed by atoms with Crippen molar-refractivity contribution in [2.45, 2.75) is 20.8 Å². The lowest BCUT2D eigenvalue weighted by atomic mass is 10.1. The van der Waals surface area contributed by atoms with E-state index >= 15 is 0 Å². The molecule has 1 aromatic heterocycles. The van der Waals surface area contributed by atoms with Crippen molar-refractivity contribution in [3.63, 3.8) is 0 Å². The van der Waals surface area contributed by atoms with Gasteiger partial charge in [-0.3, -0.25) is 19.8 Å². The van der Waals surface area contributed by atoms with Crippen molar-refractivity contribution >= 4 is 52.2 Å². The van der Waals surface area contributed by atoms with E-state index in [4.69, 9.17) is 12.2 Å². The van der Waals surface area contributed by atoms with E-state index in [1.165, 1.54) is 16.2 Å². The summed E-state index contributed by atoms with van der Waals surface area (Å²) in [6, 6.07) is 9.50. The molecule has 2 amide bonds. The Hall–Kier alpha value is -2.31. The highest BCUT2D eigenvalue weighted by Gasteiger charge is 2.34. The summed E-state index contributed by atoms with van der Waals surface area (Å²) in [7, 11) is 0. The predicted molar refractivity (Wildman–Crippen MR) is 101 cm³/mol. The molecule has 1 aliphatic heterocycles. The number of thiocarbonyl (C=S) groups is 1. The molecule has 3 rings (SSSR count). The quantitative estimate of drug-likeness (QED) is 0.509. The molecule has 122 valence electrons. The van der Waals surface area contributed by atoms with E-state index < -0.39 is 11.8 Å². The molecule has 0 radical (unpaired) electrons. The Balaban J connectivity index is 2.02. The first-order chi connectivity index (χ1) is 11.4. The monoisotopic (exact) mass is 356 g/mol. The Labute approximate surface area is 149 Å². The minimum atomic E-state index is -0.462. The third-order valence-corrected chi connectivity index (χ3v) is 5.13. The van der Waals surface area contributed by atoms with Crippen LogP contribution in [0.5, 0.6) is 0 Å². The average molecular weight is 356 g/mol. The standard InChI is InChI=1S/C18H16N2O2S2/c1-10-4-6-13(8-11(10)2)20-17(22)15(16(21)19-18(20)23)9-14-7-5-12(3)24-14/h4-9H,1-3H3,(H,19,21,23)/b15-9-. The molecule has 1 N–H and O–H groups in total. The van der Waals surface area contributed by atoms with Crippen molar-refractivity contribution in [1.29, 1.82) is 0 Å². The van der Waals surface area contributed by atoms with Gasteiger partial charge in [0, 0.05) is 9.75 Å². The number of nitrogens with zero attached hydrogens (tertiary/aromatic N) is 1. The first-order valence-corrected chi connectivity index (χ1v) is 8.64. The Morgan fingerprint density at radius 1 is 1.08 bits per heavy atom. The molecule has 2 aromatic rings. The van der Waals surface area contributed by atoms with Gasteiger partial charge in [0.05, 0.1) is 5.69 Å². The van der Waals surface area contributed by atoms with E-state index in [-0.39, 0.29) is 10.7 Å². The number of carbonyl (C=O) groups excluding carboxylic acids is 2. The summed E-state index contributed by atoms with van der Waals surface area (Å²) in [6.07, 6.45) is 1.62. The fourth-order valence-electron chi connectivity index (χ4n) is 2.43. The van der Waals surface area contributed by atoms with E-state index in [2.05, 4.69) is 5.32 Å². The van der Waals surface area contributed by atoms with Crippen LogP contribution in [0.3, 0.4) is 0 Å². The van der Waals surface area contributed by atoms with Crippen LogP contribution < -0.4 is 10.2 Å². The number of carbonyl (C=O) groups is 2. The zero-order valence-corrected chi connectivity index (χ0v) is 15.2. The van der Waals surface area contributed by atoms with Gasteiger partial charge in [0.15, 0.2) is 5.11 Å². The summed E-state index contributed by atoms with van der Waals surface area (Å²) in [6.45, 7) is 5.95. The van der Waals surface area contributed by atoms with Crippen LogP contribution in [-0.2, 0) is 9.59 Å². The summed E-state index contributed by atoms with van der Waals surface area (Å²) in [4.78, 5) is 28.4. The predicted octanol–water partition coefficient (Wildman–Crippen LogP) is 3.50. The Bertz CT molecular complexity index is 896. The Morgan fingerprint density at radius 2 is 1.83 bits per heavy atom. The maximum Gasteiger partial charge on any atom is 0.270 e. The second-order valence-corrected chi connectivity index (χ2v) is 7.38. The Kier molecular flexibility index (Phi) is 4.34. The highest BCUT2D eigenvalue weighted by molar-refractivity contribution is 7.80. The fraction of sp³-hybridized carbons (Fsp3) is 0.167. The topological polar surface area (TPSA) is 49.4 Å². The second kappa shape index (κ2) is 6.30. The summed E-state index contributed by atoms with van der Waals surface area (Å²) < 4.78 is 0. The SMILES string of the molecule is Cc1ccc(/C=C2/C(=O)NC(=S)N(c3ccc(C)c(C)c3)C2=O)s1. The molecular weight excluding hydrogens is 340 g/mol. The third kappa shape index (κ3) is 3.02. The van der Waals surface area contributed by atoms with Crippen LogP contribution in [-0.4, -0.2) is 16.9 Å². The molecule has 4 nitrogen and oxygen atoms in total. The molecule has 0 aliphatic carbocycles. The number of hydrogen-bond acceptors (Lipinski definition) is 4. The molecule has 0 spiro atoms. The van der Waals surface area contributed by atoms with Crippen molar-refractivity contribution in [2.24, 2.45) is 0 Å². The number of amides is 2. The largest absolute Gasteiger partial charge is 0.298 e. The molecule has 1 aliphatic rings. The molecule has 1 fully saturated rings. The van der Waals surface area contributed by atoms with Crippen LogP contribution >= 0.6 is 23.6 Å². The van der Waals surface area contributed by atoms with Gasteiger partial charge in [-0.25, -0.2) is 0 Å². The smallest absolute Gasteiger partial charge is 0.270 e. The molecule has 0 saturated carbocycles. The molecule has 0 bridgehead atoms. The van der Waals surface area contributed by atoms with E-state index in [9.17, 15) is 9.59 Å². The fourth-order valence-corrected chi connectivity index (χ4v) is 3.53. The van der Waals surface area contributed by atoms with Crippen LogP contribution in [0.2, 0.25) is 0 Å². The van der Waals surface area contributed by atoms with Gasteiger partial charge < -0.3 is 0 Å². The number of aryl methyl sites for hydroxylation is 3. The minimum absolute atomic E-state index is 0.0867. The normalized spacial score (nSPS) is 16.7. The maximum absolute atomic E-state index is 12.9. The van der Waals surface area contributed by atoms with Gasteiger partial charge >= 0.3 is 0 Å². The second-order valence-electron chi connectivity index (χ2n) is 5.67. The van der Waals surface area contributed by atoms with Crippen LogP contribution in [0, 0.1) is 20.8 Å². The van der Waals surface area contributed by atoms with Crippen molar-refractivity contribution in [3.05, 3.63) is 56.8 Å². The lowest BCUT2D eigenvalue weighted by Crippen LogP contribution is -2.54. The molecule has 24 heavy (non-hydrogen) atoms. The zero-order valence-electron chi connectivity index (χ0n) is 13.5. The number of hydrogen-bond donors (Lipinski definition) is 1. The Morgan fingerprint density at radius 3 is 2.46 bits per heavy atom. The first-order valence-electron chi connectivity index (χ1n) is 7.42. The number of rotatable bonds is 2. The van der Waals surface area contributed by atoms with Crippen LogP contribution in [0.15, 0.2) is 35.9 Å². The summed E-state index contributed by atoms with van der Waals surface area (Å²) in [5.41, 5.74) is 2.92. The number of anilines is 1. The lowest BCUT2D eigenvalue weighted by molar-refractivity contribution is -0.122. The minimum Gasteiger partial charge on any atom is -0.298 e. The van der Waals surface area contributed by atoms with Crippen LogP contribution in [0.4, 0.5) is 5.69 Å². The zero-order chi connectivity index (χ0) is 17.4. The van der Waals surface area contributed by atoms with Gasteiger partial charge in [-0.05, 0) is 74.5 Å². The van der Waals surface area contributed by atoms with E-state index in [0.717, 1.165) is 20.9 Å². The summed E-state index contributed by atoms with van der Waals surface area (Å²) in [5, 5.41) is 2.71. The molecule has 2 heterocycles. The van der Waals surface area contributed by atoms with Gasteiger partial charge in [0.25, 0.3) is 11.8 Å².